The van der Waals surface area contributed by atoms with Crippen LogP contribution in [0.2, 0.25) is 0 Å². The van der Waals surface area contributed by atoms with E-state index in [0.717, 1.165) is 0 Å². The zero-order chi connectivity index (χ0) is 16.5. The molecule has 0 aromatic rings. The van der Waals surface area contributed by atoms with Crippen molar-refractivity contribution >= 4 is 3.21 Å². The molecule has 0 fully saturated rings. The van der Waals surface area contributed by atoms with Crippen LogP contribution in [-0.4, -0.2) is 3.21 Å². The summed E-state index contributed by atoms with van der Waals surface area (Å²) in [5.41, 5.74) is 10.6. The van der Waals surface area contributed by atoms with Crippen molar-refractivity contribution in [3.05, 3.63) is 45.1 Å². The Labute approximate surface area is 146 Å². The van der Waals surface area contributed by atoms with Crippen LogP contribution in [0.5, 0.6) is 0 Å². The van der Waals surface area contributed by atoms with Gasteiger partial charge in [-0.2, -0.15) is 11.1 Å². The number of rotatable bonds is 1. The van der Waals surface area contributed by atoms with E-state index in [1.165, 1.54) is 34.3 Å². The Bertz CT molecular complexity index is 589. The van der Waals surface area contributed by atoms with Gasteiger partial charge < -0.3 is 0 Å². The van der Waals surface area contributed by atoms with Gasteiger partial charge in [0.25, 0.3) is 0 Å². The van der Waals surface area contributed by atoms with E-state index >= 15 is 0 Å². The average molecular weight is 361 g/mol. The summed E-state index contributed by atoms with van der Waals surface area (Å²) in [6.07, 6.45) is 4.64. The number of hydrogen-bond acceptors (Lipinski definition) is 0. The van der Waals surface area contributed by atoms with Gasteiger partial charge in [0.05, 0.1) is 0 Å². The summed E-state index contributed by atoms with van der Waals surface area (Å²) in [5.74, 6) is 0. The van der Waals surface area contributed by atoms with E-state index in [1.807, 2.05) is 0 Å². The molecule has 0 heterocycles. The Hall–Kier alpha value is -0.287. The van der Waals surface area contributed by atoms with Crippen LogP contribution >= 0.6 is 0 Å². The van der Waals surface area contributed by atoms with Crippen molar-refractivity contribution in [1.29, 1.82) is 0 Å². The van der Waals surface area contributed by atoms with Crippen molar-refractivity contribution < 1.29 is 24.2 Å². The van der Waals surface area contributed by atoms with Crippen LogP contribution in [0, 0.1) is 11.5 Å². The molecule has 0 atom stereocenters. The van der Waals surface area contributed by atoms with Crippen molar-refractivity contribution in [3.63, 3.8) is 0 Å². The second kappa shape index (κ2) is 6.86. The molecular weight excluding hydrogens is 331 g/mol. The van der Waals surface area contributed by atoms with E-state index in [2.05, 4.69) is 68.4 Å². The normalized spacial score (nSPS) is 20.7. The topological polar surface area (TPSA) is 0 Å². The van der Waals surface area contributed by atoms with Gasteiger partial charge in [0, 0.05) is 0 Å². The molecular formula is C20H29Zr-. The van der Waals surface area contributed by atoms with Crippen LogP contribution < -0.4 is 0 Å². The zero-order valence-electron chi connectivity index (χ0n) is 15.2. The van der Waals surface area contributed by atoms with Crippen LogP contribution in [0.3, 0.4) is 0 Å². The van der Waals surface area contributed by atoms with Gasteiger partial charge in [0.2, 0.25) is 0 Å². The minimum atomic E-state index is 0.189. The molecule has 21 heavy (non-hydrogen) atoms. The molecule has 0 nitrogen and oxygen atoms in total. The fraction of sp³-hybridized carbons (Fsp3) is 0.550. The fourth-order valence-corrected chi connectivity index (χ4v) is 3.57. The molecule has 2 rings (SSSR count). The van der Waals surface area contributed by atoms with Gasteiger partial charge in [-0.05, 0) is 0 Å². The molecule has 114 valence electrons. The van der Waals surface area contributed by atoms with Crippen LogP contribution in [0.15, 0.2) is 39.0 Å². The molecule has 0 amide bonds. The standard InChI is InChI=1S/C10H15.C10H14.Zr/c1-7-6-10(4,5)9(3)8(7)2;1-5-10-6-7(2)8(3)9(10)4;/h1-5H3;6H2,1-4H3;/q-1;;. The van der Waals surface area contributed by atoms with E-state index in [4.69, 9.17) is 0 Å². The molecule has 0 spiro atoms. The third-order valence-corrected chi connectivity index (χ3v) is 5.85. The second-order valence-electron chi connectivity index (χ2n) is 6.94. The van der Waals surface area contributed by atoms with E-state index in [-0.39, 0.29) is 5.41 Å². The van der Waals surface area contributed by atoms with Crippen LogP contribution in [0.1, 0.15) is 68.7 Å². The fourth-order valence-electron chi connectivity index (χ4n) is 2.90. The monoisotopic (exact) mass is 359 g/mol. The zero-order valence-corrected chi connectivity index (χ0v) is 17.7. The van der Waals surface area contributed by atoms with Gasteiger partial charge in [0.1, 0.15) is 0 Å². The van der Waals surface area contributed by atoms with Crippen LogP contribution in [-0.2, 0) is 24.2 Å². The second-order valence-corrected chi connectivity index (χ2v) is 8.78. The molecule has 0 aromatic heterocycles. The van der Waals surface area contributed by atoms with Crippen molar-refractivity contribution in [1.82, 2.24) is 0 Å². The van der Waals surface area contributed by atoms with Crippen molar-refractivity contribution in [3.8, 4) is 0 Å². The maximum absolute atomic E-state index is 3.44. The van der Waals surface area contributed by atoms with Gasteiger partial charge in [-0.1, -0.05) is 33.1 Å². The number of allylic oxidation sites excluding steroid dienone is 8. The summed E-state index contributed by atoms with van der Waals surface area (Å²) < 4.78 is 1.56. The first-order valence-corrected chi connectivity index (χ1v) is 8.94. The molecule has 0 bridgehead atoms. The molecule has 0 saturated carbocycles. The van der Waals surface area contributed by atoms with Crippen molar-refractivity contribution in [2.24, 2.45) is 5.41 Å². The van der Waals surface area contributed by atoms with E-state index < -0.39 is 0 Å². The first kappa shape index (κ1) is 18.8. The quantitative estimate of drug-likeness (QED) is 0.511. The molecule has 0 unspecified atom stereocenters. The van der Waals surface area contributed by atoms with Gasteiger partial charge >= 0.3 is 83.8 Å². The summed E-state index contributed by atoms with van der Waals surface area (Å²) in [6.45, 7) is 19.9. The summed E-state index contributed by atoms with van der Waals surface area (Å²) >= 11 is 1.56. The Morgan fingerprint density at radius 1 is 0.952 bits per heavy atom. The van der Waals surface area contributed by atoms with E-state index in [1.54, 1.807) is 38.6 Å². The molecule has 2 aliphatic carbocycles. The Kier molecular flexibility index (Phi) is 6.13. The first-order valence-electron chi connectivity index (χ1n) is 7.71. The molecule has 0 saturated heterocycles. The SMILES string of the molecule is CC1=[C-]C(C)(C)C(C)=C1C.C[C](=[Zr])C1=C(C)C(C)=C(C)C1. The third-order valence-electron chi connectivity index (χ3n) is 5.11. The molecule has 0 aromatic carbocycles. The Morgan fingerprint density at radius 2 is 1.48 bits per heavy atom. The minimum absolute atomic E-state index is 0.189. The predicted octanol–water partition coefficient (Wildman–Crippen LogP) is 5.89. The molecule has 0 N–H and O–H groups in total. The third kappa shape index (κ3) is 4.13. The summed E-state index contributed by atoms with van der Waals surface area (Å²) in [5, 5.41) is 0. The summed E-state index contributed by atoms with van der Waals surface area (Å²) in [7, 11) is 0. The van der Waals surface area contributed by atoms with E-state index in [9.17, 15) is 0 Å². The molecule has 0 aliphatic heterocycles. The Morgan fingerprint density at radius 3 is 1.62 bits per heavy atom. The molecule has 0 radical (unpaired) electrons. The number of hydrogen-bond donors (Lipinski definition) is 0. The summed E-state index contributed by atoms with van der Waals surface area (Å²) in [4.78, 5) is 0. The summed E-state index contributed by atoms with van der Waals surface area (Å²) in [6, 6.07) is 0. The van der Waals surface area contributed by atoms with Gasteiger partial charge in [-0.25, -0.2) is 5.57 Å². The van der Waals surface area contributed by atoms with Gasteiger partial charge in [0.15, 0.2) is 0 Å². The first-order chi connectivity index (χ1) is 9.49. The van der Waals surface area contributed by atoms with Crippen molar-refractivity contribution in [2.45, 2.75) is 68.7 Å². The maximum atomic E-state index is 3.44. The molecule has 1 heteroatoms. The molecule has 2 aliphatic rings. The van der Waals surface area contributed by atoms with Crippen LogP contribution in [0.25, 0.3) is 0 Å². The van der Waals surface area contributed by atoms with E-state index in [0.29, 0.717) is 0 Å². The predicted molar refractivity (Wildman–Crippen MR) is 91.0 cm³/mol. The van der Waals surface area contributed by atoms with Gasteiger partial charge in [-0.15, -0.1) is 6.92 Å². The Balaban J connectivity index is 0.000000211. The van der Waals surface area contributed by atoms with Crippen molar-refractivity contribution in [2.75, 3.05) is 0 Å². The van der Waals surface area contributed by atoms with Gasteiger partial charge in [-0.3, -0.25) is 6.08 Å². The van der Waals surface area contributed by atoms with Crippen LogP contribution in [0.4, 0.5) is 0 Å². The average Bonchev–Trinajstić information content (AvgIpc) is 2.73.